The van der Waals surface area contributed by atoms with Gasteiger partial charge in [0.2, 0.25) is 0 Å². The molecule has 0 bridgehead atoms. The maximum Gasteiger partial charge on any atom is 0.471 e. The number of esters is 1. The van der Waals surface area contributed by atoms with Crippen molar-refractivity contribution in [3.8, 4) is 0 Å². The molecule has 0 radical (unpaired) electrons. The highest BCUT2D eigenvalue weighted by atomic mass is 32.2. The zero-order valence-corrected chi connectivity index (χ0v) is 13.0. The summed E-state index contributed by atoms with van der Waals surface area (Å²) < 4.78 is 42.4. The number of hydrogen-bond acceptors (Lipinski definition) is 4. The van der Waals surface area contributed by atoms with Crippen LogP contribution in [0.25, 0.3) is 0 Å². The number of nitrogens with one attached hydrogen (secondary N) is 1. The lowest BCUT2D eigenvalue weighted by Crippen LogP contribution is -2.46. The second-order valence-electron chi connectivity index (χ2n) is 5.25. The summed E-state index contributed by atoms with van der Waals surface area (Å²) in [6.07, 6.45) is -0.669. The predicted octanol–water partition coefficient (Wildman–Crippen LogP) is 3.14. The van der Waals surface area contributed by atoms with Crippen LogP contribution in [0.3, 0.4) is 0 Å². The molecule has 0 saturated carbocycles. The van der Waals surface area contributed by atoms with Gasteiger partial charge in [0.25, 0.3) is 0 Å². The standard InChI is InChI=1S/C14H18F3NO3S/c1-2-21-12(19)10-8-6-4-3-5-7-9(8)22-11(10)18-13(20)14(15,16)17/h10-11H,2-7H2,1H3,(H,18,20). The van der Waals surface area contributed by atoms with Crippen molar-refractivity contribution in [2.45, 2.75) is 50.6 Å². The van der Waals surface area contributed by atoms with Gasteiger partial charge in [-0.15, -0.1) is 11.8 Å². The first-order valence-electron chi connectivity index (χ1n) is 7.27. The molecule has 1 N–H and O–H groups in total. The minimum atomic E-state index is -4.96. The third-order valence-corrected chi connectivity index (χ3v) is 5.12. The molecule has 2 unspecified atom stereocenters. The second kappa shape index (κ2) is 6.93. The van der Waals surface area contributed by atoms with Crippen molar-refractivity contribution in [3.05, 3.63) is 10.5 Å². The molecule has 1 heterocycles. The number of halogens is 3. The maximum atomic E-state index is 12.5. The van der Waals surface area contributed by atoms with Gasteiger partial charge in [0.1, 0.15) is 5.92 Å². The molecular weight excluding hydrogens is 319 g/mol. The average molecular weight is 337 g/mol. The number of amides is 1. The minimum Gasteiger partial charge on any atom is -0.465 e. The van der Waals surface area contributed by atoms with E-state index in [-0.39, 0.29) is 6.61 Å². The van der Waals surface area contributed by atoms with Gasteiger partial charge >= 0.3 is 18.1 Å². The van der Waals surface area contributed by atoms with Gasteiger partial charge in [-0.1, -0.05) is 6.42 Å². The summed E-state index contributed by atoms with van der Waals surface area (Å²) in [7, 11) is 0. The van der Waals surface area contributed by atoms with Gasteiger partial charge in [0.05, 0.1) is 12.0 Å². The molecule has 0 aromatic heterocycles. The molecule has 1 aliphatic carbocycles. The van der Waals surface area contributed by atoms with E-state index in [9.17, 15) is 22.8 Å². The lowest BCUT2D eigenvalue weighted by atomic mass is 9.94. The summed E-state index contributed by atoms with van der Waals surface area (Å²) in [6.45, 7) is 1.80. The Hall–Kier alpha value is -1.18. The molecular formula is C14H18F3NO3S. The van der Waals surface area contributed by atoms with Crippen LogP contribution in [0.4, 0.5) is 13.2 Å². The van der Waals surface area contributed by atoms with Crippen LogP contribution in [0, 0.1) is 5.92 Å². The molecule has 2 rings (SSSR count). The van der Waals surface area contributed by atoms with Crippen molar-refractivity contribution in [1.29, 1.82) is 0 Å². The van der Waals surface area contributed by atoms with E-state index < -0.39 is 29.3 Å². The van der Waals surface area contributed by atoms with E-state index in [2.05, 4.69) is 0 Å². The van der Waals surface area contributed by atoms with Crippen molar-refractivity contribution >= 4 is 23.6 Å². The van der Waals surface area contributed by atoms with Crippen LogP contribution < -0.4 is 5.32 Å². The molecule has 0 aromatic rings. The van der Waals surface area contributed by atoms with Crippen LogP contribution in [0.5, 0.6) is 0 Å². The number of carbonyl (C=O) groups is 2. The Morgan fingerprint density at radius 2 is 1.95 bits per heavy atom. The summed E-state index contributed by atoms with van der Waals surface area (Å²) in [6, 6.07) is 0. The highest BCUT2D eigenvalue weighted by Gasteiger charge is 2.46. The largest absolute Gasteiger partial charge is 0.471 e. The Bertz CT molecular complexity index is 490. The van der Waals surface area contributed by atoms with E-state index in [0.29, 0.717) is 6.42 Å². The van der Waals surface area contributed by atoms with Crippen LogP contribution in [-0.4, -0.2) is 30.0 Å². The summed E-state index contributed by atoms with van der Waals surface area (Å²) in [5, 5.41) is 1.01. The highest BCUT2D eigenvalue weighted by Crippen LogP contribution is 2.47. The Balaban J connectivity index is 2.19. The number of ether oxygens (including phenoxy) is 1. The molecule has 0 aromatic carbocycles. The smallest absolute Gasteiger partial charge is 0.465 e. The predicted molar refractivity (Wildman–Crippen MR) is 75.8 cm³/mol. The van der Waals surface area contributed by atoms with E-state index in [4.69, 9.17) is 4.74 Å². The van der Waals surface area contributed by atoms with E-state index >= 15 is 0 Å². The summed E-state index contributed by atoms with van der Waals surface area (Å²) in [5.41, 5.74) is 0.841. The van der Waals surface area contributed by atoms with Crippen LogP contribution >= 0.6 is 11.8 Å². The molecule has 0 saturated heterocycles. The van der Waals surface area contributed by atoms with E-state index in [1.165, 1.54) is 0 Å². The van der Waals surface area contributed by atoms with Gasteiger partial charge in [0, 0.05) is 0 Å². The normalized spacial score (nSPS) is 25.5. The van der Waals surface area contributed by atoms with Gasteiger partial charge in [-0.05, 0) is 43.1 Å². The summed E-state index contributed by atoms with van der Waals surface area (Å²) in [4.78, 5) is 24.3. The number of allylic oxidation sites excluding steroid dienone is 1. The first-order chi connectivity index (χ1) is 10.3. The summed E-state index contributed by atoms with van der Waals surface area (Å²) >= 11 is 1.16. The lowest BCUT2D eigenvalue weighted by molar-refractivity contribution is -0.174. The molecule has 22 heavy (non-hydrogen) atoms. The van der Waals surface area contributed by atoms with E-state index in [1.54, 1.807) is 6.92 Å². The Kier molecular flexibility index (Phi) is 5.41. The zero-order chi connectivity index (χ0) is 16.3. The van der Waals surface area contributed by atoms with Gasteiger partial charge in [-0.3, -0.25) is 9.59 Å². The molecule has 8 heteroatoms. The summed E-state index contributed by atoms with van der Waals surface area (Å²) in [5.74, 6) is -3.39. The van der Waals surface area contributed by atoms with Gasteiger partial charge in [0.15, 0.2) is 0 Å². The minimum absolute atomic E-state index is 0.155. The Labute approximate surface area is 130 Å². The van der Waals surface area contributed by atoms with Crippen LogP contribution in [0.1, 0.15) is 39.0 Å². The monoisotopic (exact) mass is 337 g/mol. The number of carbonyl (C=O) groups excluding carboxylic acids is 2. The number of hydrogen-bond donors (Lipinski definition) is 1. The number of rotatable bonds is 3. The molecule has 0 spiro atoms. The third kappa shape index (κ3) is 3.77. The van der Waals surface area contributed by atoms with Crippen LogP contribution in [-0.2, 0) is 14.3 Å². The van der Waals surface area contributed by atoms with Crippen molar-refractivity contribution in [2.75, 3.05) is 6.61 Å². The van der Waals surface area contributed by atoms with Crippen molar-refractivity contribution < 1.29 is 27.5 Å². The molecule has 1 amide bonds. The molecule has 124 valence electrons. The zero-order valence-electron chi connectivity index (χ0n) is 12.2. The number of thioether (sulfide) groups is 1. The van der Waals surface area contributed by atoms with Gasteiger partial charge in [-0.2, -0.15) is 13.2 Å². The molecule has 4 nitrogen and oxygen atoms in total. The van der Waals surface area contributed by atoms with Gasteiger partial charge < -0.3 is 10.1 Å². The highest BCUT2D eigenvalue weighted by molar-refractivity contribution is 8.04. The van der Waals surface area contributed by atoms with Crippen LogP contribution in [0.2, 0.25) is 0 Å². The lowest BCUT2D eigenvalue weighted by Gasteiger charge is -2.22. The first-order valence-corrected chi connectivity index (χ1v) is 8.15. The Morgan fingerprint density at radius 3 is 2.59 bits per heavy atom. The van der Waals surface area contributed by atoms with E-state index in [1.807, 2.05) is 5.32 Å². The SMILES string of the molecule is CCOC(=O)C1C2=C(CCCCC2)SC1NC(=O)C(F)(F)F. The molecule has 1 aliphatic heterocycles. The Morgan fingerprint density at radius 1 is 1.27 bits per heavy atom. The molecule has 2 aliphatic rings. The maximum absolute atomic E-state index is 12.5. The fourth-order valence-electron chi connectivity index (χ4n) is 2.77. The van der Waals surface area contributed by atoms with Crippen LogP contribution in [0.15, 0.2) is 10.5 Å². The third-order valence-electron chi connectivity index (χ3n) is 3.73. The average Bonchev–Trinajstić information content (AvgIpc) is 2.60. The van der Waals surface area contributed by atoms with Crippen molar-refractivity contribution in [2.24, 2.45) is 5.92 Å². The van der Waals surface area contributed by atoms with Gasteiger partial charge in [-0.25, -0.2) is 0 Å². The topological polar surface area (TPSA) is 55.4 Å². The first kappa shape index (κ1) is 17.2. The van der Waals surface area contributed by atoms with E-state index in [0.717, 1.165) is 47.9 Å². The fourth-order valence-corrected chi connectivity index (χ4v) is 4.29. The quantitative estimate of drug-likeness (QED) is 0.804. The second-order valence-corrected chi connectivity index (χ2v) is 6.48. The molecule has 2 atom stereocenters. The molecule has 0 fully saturated rings. The number of alkyl halides is 3. The van der Waals surface area contributed by atoms with Crippen molar-refractivity contribution in [1.82, 2.24) is 5.32 Å². The van der Waals surface area contributed by atoms with Crippen molar-refractivity contribution in [3.63, 3.8) is 0 Å². The fraction of sp³-hybridized carbons (Fsp3) is 0.714.